The second kappa shape index (κ2) is 20.1. The summed E-state index contributed by atoms with van der Waals surface area (Å²) in [4.78, 5) is 36.8. The average molecular weight is 742 g/mol. The number of carbonyl (C=O) groups excluding carboxylic acids is 2. The van der Waals surface area contributed by atoms with Crippen molar-refractivity contribution in [1.29, 1.82) is 0 Å². The zero-order valence-electron chi connectivity index (χ0n) is 31.1. The lowest BCUT2D eigenvalue weighted by Crippen LogP contribution is -2.56. The first-order valence-corrected chi connectivity index (χ1v) is 18.7. The summed E-state index contributed by atoms with van der Waals surface area (Å²) in [6.07, 6.45) is 2.13. The maximum atomic E-state index is 13.1. The Labute approximate surface area is 317 Å². The minimum absolute atomic E-state index is 0.0686. The van der Waals surface area contributed by atoms with Crippen LogP contribution in [0.2, 0.25) is 0 Å². The number of alkyl carbamates (subject to hydrolysis) is 1. The normalized spacial score (nSPS) is 18.4. The van der Waals surface area contributed by atoms with E-state index in [0.29, 0.717) is 43.9 Å². The van der Waals surface area contributed by atoms with Crippen molar-refractivity contribution >= 4 is 18.0 Å². The van der Waals surface area contributed by atoms with Gasteiger partial charge in [-0.15, -0.1) is 11.8 Å². The summed E-state index contributed by atoms with van der Waals surface area (Å²) in [6.45, 7) is 1.17. The number of nitrogens with one attached hydrogen (secondary N) is 1. The van der Waals surface area contributed by atoms with Crippen molar-refractivity contribution in [1.82, 2.24) is 5.32 Å². The highest BCUT2D eigenvalue weighted by molar-refractivity contribution is 5.76. The highest BCUT2D eigenvalue weighted by Gasteiger charge is 2.53. The van der Waals surface area contributed by atoms with Gasteiger partial charge in [0.2, 0.25) is 0 Å². The number of benzene rings is 3. The fraction of sp³-hybridized carbons (Fsp3) is 0.465. The molecule has 11 heteroatoms. The third kappa shape index (κ3) is 10.5. The van der Waals surface area contributed by atoms with Crippen molar-refractivity contribution in [2.75, 3.05) is 40.6 Å². The van der Waals surface area contributed by atoms with Crippen LogP contribution in [0.25, 0.3) is 0 Å². The molecule has 0 saturated heterocycles. The first-order chi connectivity index (χ1) is 26.3. The summed E-state index contributed by atoms with van der Waals surface area (Å²) in [5, 5.41) is 12.0. The van der Waals surface area contributed by atoms with Gasteiger partial charge in [-0.2, -0.15) is 0 Å². The van der Waals surface area contributed by atoms with Gasteiger partial charge < -0.3 is 38.8 Å². The zero-order chi connectivity index (χ0) is 38.2. The van der Waals surface area contributed by atoms with Crippen LogP contribution in [0.4, 0.5) is 4.79 Å². The summed E-state index contributed by atoms with van der Waals surface area (Å²) >= 11 is 0. The molecule has 11 nitrogen and oxygen atoms in total. The standard InChI is InChI=1S/C43H51NO10/c1-49-43(50-2,54-42(32-17-8-5-9-18-32,33-19-10-6-11-20-33)34-21-12-7-13-22-34)38(53-40(47)26-25-39(45)46)27-30-51-29-16-28-44-41(48)52-31-37-35-23-14-3-4-15-24-36(35)37/h5-13,17-22,35-38H,14-16,23-31H2,1-2H3,(H,44,48)(H,45,46). The van der Waals surface area contributed by atoms with Crippen LogP contribution in [-0.2, 0) is 43.6 Å². The Morgan fingerprint density at radius 2 is 1.33 bits per heavy atom. The van der Waals surface area contributed by atoms with Crippen LogP contribution in [0.5, 0.6) is 0 Å². The number of carboxylic acids is 1. The molecule has 288 valence electrons. The lowest BCUT2D eigenvalue weighted by molar-refractivity contribution is -0.420. The average Bonchev–Trinajstić information content (AvgIpc) is 3.85. The Morgan fingerprint density at radius 1 is 0.796 bits per heavy atom. The lowest BCUT2D eigenvalue weighted by Gasteiger charge is -2.45. The van der Waals surface area contributed by atoms with Crippen LogP contribution in [0.15, 0.2) is 91.0 Å². The van der Waals surface area contributed by atoms with Gasteiger partial charge in [0.1, 0.15) is 5.60 Å². The van der Waals surface area contributed by atoms with Crippen LogP contribution in [0, 0.1) is 29.6 Å². The molecule has 3 atom stereocenters. The van der Waals surface area contributed by atoms with Crippen molar-refractivity contribution in [3.05, 3.63) is 108 Å². The summed E-state index contributed by atoms with van der Waals surface area (Å²) in [6, 6.07) is 28.8. The number of amides is 1. The highest BCUT2D eigenvalue weighted by atomic mass is 16.9. The maximum absolute atomic E-state index is 13.1. The molecule has 1 fully saturated rings. The van der Waals surface area contributed by atoms with E-state index in [2.05, 4.69) is 17.2 Å². The zero-order valence-corrected chi connectivity index (χ0v) is 31.1. The minimum atomic E-state index is -2.00. The molecule has 0 radical (unpaired) electrons. The molecule has 0 spiro atoms. The van der Waals surface area contributed by atoms with E-state index in [1.165, 1.54) is 14.2 Å². The second-order valence-electron chi connectivity index (χ2n) is 13.5. The topological polar surface area (TPSA) is 139 Å². The van der Waals surface area contributed by atoms with E-state index < -0.39 is 42.1 Å². The van der Waals surface area contributed by atoms with Crippen molar-refractivity contribution in [3.8, 4) is 11.8 Å². The molecule has 3 unspecified atom stereocenters. The van der Waals surface area contributed by atoms with Crippen LogP contribution in [0.1, 0.15) is 68.1 Å². The van der Waals surface area contributed by atoms with E-state index >= 15 is 0 Å². The first-order valence-electron chi connectivity index (χ1n) is 18.7. The van der Waals surface area contributed by atoms with Gasteiger partial charge in [0, 0.05) is 46.6 Å². The fourth-order valence-corrected chi connectivity index (χ4v) is 7.30. The molecule has 1 amide bonds. The van der Waals surface area contributed by atoms with Crippen molar-refractivity contribution < 1.29 is 47.9 Å². The van der Waals surface area contributed by atoms with E-state index in [1.54, 1.807) is 0 Å². The molecular weight excluding hydrogens is 690 g/mol. The number of fused-ring (bicyclic) bond motifs is 1. The smallest absolute Gasteiger partial charge is 0.407 e. The number of hydrogen-bond donors (Lipinski definition) is 2. The minimum Gasteiger partial charge on any atom is -0.481 e. The predicted molar refractivity (Wildman–Crippen MR) is 200 cm³/mol. The molecule has 2 aliphatic rings. The van der Waals surface area contributed by atoms with Gasteiger partial charge in [-0.3, -0.25) is 9.59 Å². The number of aliphatic carboxylic acids is 1. The third-order valence-corrected chi connectivity index (χ3v) is 10.1. The van der Waals surface area contributed by atoms with E-state index in [9.17, 15) is 19.5 Å². The maximum Gasteiger partial charge on any atom is 0.407 e. The van der Waals surface area contributed by atoms with Gasteiger partial charge in [-0.05, 0) is 53.7 Å². The largest absolute Gasteiger partial charge is 0.481 e. The van der Waals surface area contributed by atoms with Crippen molar-refractivity contribution in [2.24, 2.45) is 17.8 Å². The van der Waals surface area contributed by atoms with Gasteiger partial charge in [0.05, 0.1) is 26.1 Å². The number of carboxylic acid groups (broad SMARTS) is 1. The summed E-state index contributed by atoms with van der Waals surface area (Å²) in [5.41, 5.74) is 0.952. The number of carbonyl (C=O) groups is 3. The van der Waals surface area contributed by atoms with Gasteiger partial charge >= 0.3 is 24.0 Å². The highest BCUT2D eigenvalue weighted by Crippen LogP contribution is 2.52. The molecule has 0 heterocycles. The van der Waals surface area contributed by atoms with E-state index in [1.807, 2.05) is 91.0 Å². The van der Waals surface area contributed by atoms with Gasteiger partial charge in [0.25, 0.3) is 0 Å². The van der Waals surface area contributed by atoms with Crippen LogP contribution in [-0.4, -0.2) is 75.8 Å². The molecule has 2 aliphatic carbocycles. The molecule has 3 aromatic carbocycles. The number of rotatable bonds is 21. The molecule has 54 heavy (non-hydrogen) atoms. The van der Waals surface area contributed by atoms with Crippen molar-refractivity contribution in [3.63, 3.8) is 0 Å². The molecule has 2 N–H and O–H groups in total. The fourth-order valence-electron chi connectivity index (χ4n) is 7.30. The Kier molecular flexibility index (Phi) is 15.1. The molecule has 5 rings (SSSR count). The quantitative estimate of drug-likeness (QED) is 0.0400. The van der Waals surface area contributed by atoms with Gasteiger partial charge in [0.15, 0.2) is 6.10 Å². The molecule has 0 bridgehead atoms. The monoisotopic (exact) mass is 741 g/mol. The van der Waals surface area contributed by atoms with E-state index in [-0.39, 0.29) is 19.4 Å². The van der Waals surface area contributed by atoms with E-state index in [4.69, 9.17) is 28.4 Å². The molecule has 3 aromatic rings. The van der Waals surface area contributed by atoms with Gasteiger partial charge in [-0.1, -0.05) is 91.0 Å². The summed E-state index contributed by atoms with van der Waals surface area (Å²) in [7, 11) is 2.79. The molecule has 0 aliphatic heterocycles. The van der Waals surface area contributed by atoms with Crippen LogP contribution >= 0.6 is 0 Å². The van der Waals surface area contributed by atoms with Crippen LogP contribution in [0.3, 0.4) is 0 Å². The summed E-state index contributed by atoms with van der Waals surface area (Å²) in [5.74, 6) is 4.13. The Hall–Kier alpha value is -4.73. The SMILES string of the molecule is COC(OC)(OC(c1ccccc1)(c1ccccc1)c1ccccc1)C(CCOCCCNC(=O)OCC1C2CCC#CCCC21)OC(=O)CCC(=O)O. The number of esters is 1. The molecule has 0 aromatic heterocycles. The lowest BCUT2D eigenvalue weighted by atomic mass is 9.80. The van der Waals surface area contributed by atoms with Gasteiger partial charge in [-0.25, -0.2) is 4.79 Å². The number of methoxy groups -OCH3 is 2. The summed E-state index contributed by atoms with van der Waals surface area (Å²) < 4.78 is 36.6. The number of ether oxygens (including phenoxy) is 6. The molecular formula is C43H51NO10. The molecule has 1 saturated carbocycles. The predicted octanol–water partition coefficient (Wildman–Crippen LogP) is 6.68. The Morgan fingerprint density at radius 3 is 1.83 bits per heavy atom. The van der Waals surface area contributed by atoms with Crippen molar-refractivity contribution in [2.45, 2.75) is 69.0 Å². The Bertz CT molecular complexity index is 1570. The number of hydrogen-bond acceptors (Lipinski definition) is 9. The second-order valence-corrected chi connectivity index (χ2v) is 13.5. The first kappa shape index (κ1) is 40.5. The van der Waals surface area contributed by atoms with E-state index in [0.717, 1.165) is 42.4 Å². The third-order valence-electron chi connectivity index (χ3n) is 10.1. The Balaban J connectivity index is 1.26. The van der Waals surface area contributed by atoms with Crippen LogP contribution < -0.4 is 5.32 Å².